The molecule has 4 rings (SSSR count). The Morgan fingerprint density at radius 1 is 0.964 bits per heavy atom. The highest BCUT2D eigenvalue weighted by Gasteiger charge is 2.08. The minimum absolute atomic E-state index is 0.144. The second-order valence-electron chi connectivity index (χ2n) is 6.73. The van der Waals surface area contributed by atoms with E-state index in [0.717, 1.165) is 29.6 Å². The van der Waals surface area contributed by atoms with Gasteiger partial charge in [-0.25, -0.2) is 4.98 Å². The number of nitrogens with one attached hydrogen (secondary N) is 1. The molecule has 0 spiro atoms. The first-order chi connectivity index (χ1) is 13.7. The number of aryl methyl sites for hydroxylation is 2. The monoisotopic (exact) mass is 371 g/mol. The fourth-order valence-corrected chi connectivity index (χ4v) is 3.18. The van der Waals surface area contributed by atoms with Crippen molar-refractivity contribution in [1.82, 2.24) is 14.9 Å². The molecule has 3 aromatic carbocycles. The number of hydrogen-bond donors (Lipinski definition) is 2. The van der Waals surface area contributed by atoms with Crippen LogP contribution < -0.4 is 5.32 Å². The van der Waals surface area contributed by atoms with Gasteiger partial charge in [-0.2, -0.15) is 0 Å². The van der Waals surface area contributed by atoms with E-state index in [0.29, 0.717) is 12.1 Å². The van der Waals surface area contributed by atoms with Gasteiger partial charge in [-0.15, -0.1) is 0 Å². The number of aromatic nitrogens is 2. The molecule has 4 aromatic rings. The highest BCUT2D eigenvalue weighted by molar-refractivity contribution is 5.94. The van der Waals surface area contributed by atoms with E-state index >= 15 is 0 Å². The molecule has 1 heterocycles. The van der Waals surface area contributed by atoms with Gasteiger partial charge in [0.1, 0.15) is 5.75 Å². The molecule has 0 saturated heterocycles. The number of carbonyl (C=O) groups excluding carboxylic acids is 1. The standard InChI is InChI=1S/C23H21N3O2/c27-20-9-7-19(8-10-20)23(28)24-15-18-6-11-21-22(14-18)26(16-25-21)13-12-17-4-2-1-3-5-17/h1-11,14,16,27H,12-13,15H2,(H,24,28). The molecule has 0 radical (unpaired) electrons. The number of fused-ring (bicyclic) bond motifs is 1. The van der Waals surface area contributed by atoms with E-state index in [1.807, 2.05) is 24.5 Å². The number of nitrogens with zero attached hydrogens (tertiary/aromatic N) is 2. The first-order valence-electron chi connectivity index (χ1n) is 9.24. The van der Waals surface area contributed by atoms with Crippen molar-refractivity contribution in [2.24, 2.45) is 0 Å². The molecule has 0 atom stereocenters. The summed E-state index contributed by atoms with van der Waals surface area (Å²) in [6.07, 6.45) is 2.81. The van der Waals surface area contributed by atoms with E-state index in [9.17, 15) is 9.90 Å². The molecule has 5 nitrogen and oxygen atoms in total. The van der Waals surface area contributed by atoms with Crippen LogP contribution in [-0.4, -0.2) is 20.6 Å². The van der Waals surface area contributed by atoms with E-state index in [4.69, 9.17) is 0 Å². The number of rotatable bonds is 6. The summed E-state index contributed by atoms with van der Waals surface area (Å²) in [5, 5.41) is 12.2. The Kier molecular flexibility index (Phi) is 5.06. The first-order valence-corrected chi connectivity index (χ1v) is 9.24. The maximum atomic E-state index is 12.3. The van der Waals surface area contributed by atoms with Crippen LogP contribution in [0.4, 0.5) is 0 Å². The van der Waals surface area contributed by atoms with Crippen molar-refractivity contribution in [3.8, 4) is 5.75 Å². The molecule has 1 amide bonds. The maximum absolute atomic E-state index is 12.3. The molecule has 0 fully saturated rings. The topological polar surface area (TPSA) is 67.2 Å². The Balaban J connectivity index is 1.44. The van der Waals surface area contributed by atoms with Gasteiger partial charge in [0, 0.05) is 18.7 Å². The first kappa shape index (κ1) is 17.8. The summed E-state index contributed by atoms with van der Waals surface area (Å²) < 4.78 is 2.15. The van der Waals surface area contributed by atoms with Gasteiger partial charge in [0.2, 0.25) is 0 Å². The lowest BCUT2D eigenvalue weighted by atomic mass is 10.1. The smallest absolute Gasteiger partial charge is 0.251 e. The molecule has 0 aliphatic rings. The third kappa shape index (κ3) is 4.04. The fourth-order valence-electron chi connectivity index (χ4n) is 3.18. The minimum atomic E-state index is -0.169. The molecule has 5 heteroatoms. The SMILES string of the molecule is O=C(NCc1ccc2ncn(CCc3ccccc3)c2c1)c1ccc(O)cc1. The zero-order valence-electron chi connectivity index (χ0n) is 15.4. The lowest BCUT2D eigenvalue weighted by Crippen LogP contribution is -2.22. The summed E-state index contributed by atoms with van der Waals surface area (Å²) in [6.45, 7) is 1.28. The molecule has 0 bridgehead atoms. The van der Waals surface area contributed by atoms with Crippen molar-refractivity contribution >= 4 is 16.9 Å². The maximum Gasteiger partial charge on any atom is 0.251 e. The fraction of sp³-hybridized carbons (Fsp3) is 0.130. The number of benzene rings is 3. The van der Waals surface area contributed by atoms with Crippen LogP contribution in [0.1, 0.15) is 21.5 Å². The van der Waals surface area contributed by atoms with Crippen molar-refractivity contribution in [2.45, 2.75) is 19.5 Å². The summed E-state index contributed by atoms with van der Waals surface area (Å²) in [6, 6.07) is 22.6. The second-order valence-corrected chi connectivity index (χ2v) is 6.73. The van der Waals surface area contributed by atoms with Crippen molar-refractivity contribution in [1.29, 1.82) is 0 Å². The Labute approximate surface area is 163 Å². The van der Waals surface area contributed by atoms with Crippen LogP contribution >= 0.6 is 0 Å². The molecule has 0 unspecified atom stereocenters. The van der Waals surface area contributed by atoms with Gasteiger partial charge in [-0.05, 0) is 53.9 Å². The Bertz CT molecular complexity index is 1090. The highest BCUT2D eigenvalue weighted by atomic mass is 16.3. The van der Waals surface area contributed by atoms with Gasteiger partial charge >= 0.3 is 0 Å². The Morgan fingerprint density at radius 3 is 2.54 bits per heavy atom. The number of carbonyl (C=O) groups is 1. The van der Waals surface area contributed by atoms with Crippen LogP contribution in [0.5, 0.6) is 5.75 Å². The van der Waals surface area contributed by atoms with Crippen LogP contribution in [0, 0.1) is 0 Å². The molecular formula is C23H21N3O2. The van der Waals surface area contributed by atoms with E-state index in [1.54, 1.807) is 12.1 Å². The molecular weight excluding hydrogens is 350 g/mol. The molecule has 140 valence electrons. The number of phenols is 1. The van der Waals surface area contributed by atoms with Crippen molar-refractivity contribution in [2.75, 3.05) is 0 Å². The third-order valence-electron chi connectivity index (χ3n) is 4.75. The predicted molar refractivity (Wildman–Crippen MR) is 109 cm³/mol. The molecule has 0 aliphatic carbocycles. The minimum Gasteiger partial charge on any atom is -0.508 e. The third-order valence-corrected chi connectivity index (χ3v) is 4.75. The van der Waals surface area contributed by atoms with E-state index in [2.05, 4.69) is 45.2 Å². The summed E-state index contributed by atoms with van der Waals surface area (Å²) in [5.41, 5.74) is 4.84. The zero-order valence-corrected chi connectivity index (χ0v) is 15.4. The lowest BCUT2D eigenvalue weighted by Gasteiger charge is -2.08. The lowest BCUT2D eigenvalue weighted by molar-refractivity contribution is 0.0951. The van der Waals surface area contributed by atoms with Crippen LogP contribution in [0.15, 0.2) is 79.1 Å². The van der Waals surface area contributed by atoms with Crippen molar-refractivity contribution in [3.63, 3.8) is 0 Å². The molecule has 0 saturated carbocycles. The molecule has 28 heavy (non-hydrogen) atoms. The normalized spacial score (nSPS) is 10.9. The summed E-state index contributed by atoms with van der Waals surface area (Å²) in [4.78, 5) is 16.7. The molecule has 1 aromatic heterocycles. The predicted octanol–water partition coefficient (Wildman–Crippen LogP) is 3.91. The van der Waals surface area contributed by atoms with Crippen LogP contribution in [0.25, 0.3) is 11.0 Å². The molecule has 0 aliphatic heterocycles. The van der Waals surface area contributed by atoms with Crippen LogP contribution in [0.3, 0.4) is 0 Å². The summed E-state index contributed by atoms with van der Waals surface area (Å²) >= 11 is 0. The molecule has 2 N–H and O–H groups in total. The number of hydrogen-bond acceptors (Lipinski definition) is 3. The Hall–Kier alpha value is -3.60. The number of imidazole rings is 1. The highest BCUT2D eigenvalue weighted by Crippen LogP contribution is 2.16. The second kappa shape index (κ2) is 7.96. The average molecular weight is 371 g/mol. The quantitative estimate of drug-likeness (QED) is 0.540. The van der Waals surface area contributed by atoms with Crippen LogP contribution in [0.2, 0.25) is 0 Å². The largest absolute Gasteiger partial charge is 0.508 e. The summed E-state index contributed by atoms with van der Waals surface area (Å²) in [5.74, 6) is -0.0246. The van der Waals surface area contributed by atoms with E-state index in [1.165, 1.54) is 17.7 Å². The van der Waals surface area contributed by atoms with Crippen molar-refractivity contribution < 1.29 is 9.90 Å². The summed E-state index contributed by atoms with van der Waals surface area (Å²) in [7, 11) is 0. The Morgan fingerprint density at radius 2 is 1.75 bits per heavy atom. The van der Waals surface area contributed by atoms with Gasteiger partial charge in [0.05, 0.1) is 17.4 Å². The zero-order chi connectivity index (χ0) is 19.3. The van der Waals surface area contributed by atoms with E-state index in [-0.39, 0.29) is 11.7 Å². The average Bonchev–Trinajstić information content (AvgIpc) is 3.14. The number of phenolic OH excluding ortho intramolecular Hbond substituents is 1. The van der Waals surface area contributed by atoms with Crippen molar-refractivity contribution in [3.05, 3.63) is 95.8 Å². The van der Waals surface area contributed by atoms with Gasteiger partial charge in [-0.3, -0.25) is 4.79 Å². The van der Waals surface area contributed by atoms with Gasteiger partial charge in [0.15, 0.2) is 0 Å². The van der Waals surface area contributed by atoms with Gasteiger partial charge in [-0.1, -0.05) is 36.4 Å². The van der Waals surface area contributed by atoms with Crippen LogP contribution in [-0.2, 0) is 19.5 Å². The van der Waals surface area contributed by atoms with E-state index < -0.39 is 0 Å². The number of aromatic hydroxyl groups is 1. The van der Waals surface area contributed by atoms with Gasteiger partial charge in [0.25, 0.3) is 5.91 Å². The number of amides is 1. The van der Waals surface area contributed by atoms with Gasteiger partial charge < -0.3 is 15.0 Å².